The third kappa shape index (κ3) is 5.52. The van der Waals surface area contributed by atoms with Crippen LogP contribution in [0.15, 0.2) is 42.5 Å². The number of nitrogens with one attached hydrogen (secondary N) is 1. The van der Waals surface area contributed by atoms with Crippen molar-refractivity contribution in [2.45, 2.75) is 39.0 Å². The Bertz CT molecular complexity index is 658. The Balaban J connectivity index is 1.93. The number of amides is 1. The molecule has 0 aliphatic heterocycles. The van der Waals surface area contributed by atoms with Crippen molar-refractivity contribution in [3.63, 3.8) is 0 Å². The standard InChI is InChI=1S/C21H27NO3/c1-4-5-7-16-10-12-17(13-11-16)22-21(23)15-14-18-19(24-2)8-6-9-20(18)25-3/h6,8-13H,4-5,7,14-15H2,1-3H3,(H,22,23). The van der Waals surface area contributed by atoms with E-state index in [2.05, 4.69) is 24.4 Å². The van der Waals surface area contributed by atoms with E-state index in [-0.39, 0.29) is 5.91 Å². The van der Waals surface area contributed by atoms with Crippen LogP contribution in [0.25, 0.3) is 0 Å². The van der Waals surface area contributed by atoms with Crippen molar-refractivity contribution in [2.75, 3.05) is 19.5 Å². The zero-order chi connectivity index (χ0) is 18.1. The van der Waals surface area contributed by atoms with Crippen LogP contribution in [-0.2, 0) is 17.6 Å². The highest BCUT2D eigenvalue weighted by atomic mass is 16.5. The molecule has 0 saturated carbocycles. The Morgan fingerprint density at radius 2 is 1.60 bits per heavy atom. The summed E-state index contributed by atoms with van der Waals surface area (Å²) in [5.41, 5.74) is 3.05. The van der Waals surface area contributed by atoms with Gasteiger partial charge in [-0.15, -0.1) is 0 Å². The predicted octanol–water partition coefficient (Wildman–Crippen LogP) is 4.62. The maximum atomic E-state index is 12.2. The van der Waals surface area contributed by atoms with E-state index in [4.69, 9.17) is 9.47 Å². The number of hydrogen-bond acceptors (Lipinski definition) is 3. The Hall–Kier alpha value is -2.49. The summed E-state index contributed by atoms with van der Waals surface area (Å²) in [6.45, 7) is 2.19. The zero-order valence-electron chi connectivity index (χ0n) is 15.3. The highest BCUT2D eigenvalue weighted by Gasteiger charge is 2.12. The van der Waals surface area contributed by atoms with Crippen molar-refractivity contribution in [1.82, 2.24) is 0 Å². The summed E-state index contributed by atoms with van der Waals surface area (Å²) in [6.07, 6.45) is 4.39. The van der Waals surface area contributed by atoms with Crippen molar-refractivity contribution in [3.05, 3.63) is 53.6 Å². The number of hydrogen-bond donors (Lipinski definition) is 1. The van der Waals surface area contributed by atoms with Crippen LogP contribution in [0.4, 0.5) is 5.69 Å². The Morgan fingerprint density at radius 1 is 0.960 bits per heavy atom. The first-order valence-corrected chi connectivity index (χ1v) is 8.76. The highest BCUT2D eigenvalue weighted by molar-refractivity contribution is 5.90. The molecule has 1 N–H and O–H groups in total. The third-order valence-corrected chi connectivity index (χ3v) is 4.19. The lowest BCUT2D eigenvalue weighted by Gasteiger charge is -2.13. The van der Waals surface area contributed by atoms with Crippen molar-refractivity contribution in [2.24, 2.45) is 0 Å². The van der Waals surface area contributed by atoms with Gasteiger partial charge < -0.3 is 14.8 Å². The number of carbonyl (C=O) groups is 1. The van der Waals surface area contributed by atoms with Crippen LogP contribution in [0, 0.1) is 0 Å². The molecule has 25 heavy (non-hydrogen) atoms. The van der Waals surface area contributed by atoms with Crippen molar-refractivity contribution in [3.8, 4) is 11.5 Å². The van der Waals surface area contributed by atoms with Gasteiger partial charge in [0, 0.05) is 17.7 Å². The molecule has 0 aliphatic rings. The molecule has 0 spiro atoms. The molecule has 0 aromatic heterocycles. The first kappa shape index (κ1) is 18.8. The number of rotatable bonds is 9. The van der Waals surface area contributed by atoms with Gasteiger partial charge in [0.1, 0.15) is 11.5 Å². The Kier molecular flexibility index (Phi) is 7.33. The molecule has 0 saturated heterocycles. The van der Waals surface area contributed by atoms with E-state index >= 15 is 0 Å². The van der Waals surface area contributed by atoms with E-state index in [1.807, 2.05) is 30.3 Å². The van der Waals surface area contributed by atoms with Crippen LogP contribution in [-0.4, -0.2) is 20.1 Å². The fourth-order valence-electron chi connectivity index (χ4n) is 2.77. The van der Waals surface area contributed by atoms with Crippen molar-refractivity contribution < 1.29 is 14.3 Å². The predicted molar refractivity (Wildman–Crippen MR) is 102 cm³/mol. The van der Waals surface area contributed by atoms with Gasteiger partial charge in [-0.3, -0.25) is 4.79 Å². The first-order chi connectivity index (χ1) is 12.2. The largest absolute Gasteiger partial charge is 0.496 e. The fourth-order valence-corrected chi connectivity index (χ4v) is 2.77. The van der Waals surface area contributed by atoms with Crippen LogP contribution in [0.1, 0.15) is 37.3 Å². The molecule has 134 valence electrons. The van der Waals surface area contributed by atoms with E-state index in [0.717, 1.165) is 29.2 Å². The fraction of sp³-hybridized carbons (Fsp3) is 0.381. The SMILES string of the molecule is CCCCc1ccc(NC(=O)CCc2c(OC)cccc2OC)cc1. The molecule has 4 nitrogen and oxygen atoms in total. The molecule has 0 aliphatic carbocycles. The molecular formula is C21H27NO3. The van der Waals surface area contributed by atoms with E-state index < -0.39 is 0 Å². The molecule has 2 aromatic rings. The Morgan fingerprint density at radius 3 is 2.16 bits per heavy atom. The topological polar surface area (TPSA) is 47.6 Å². The van der Waals surface area contributed by atoms with Gasteiger partial charge in [0.25, 0.3) is 0 Å². The Labute approximate surface area is 150 Å². The van der Waals surface area contributed by atoms with Crippen molar-refractivity contribution >= 4 is 11.6 Å². The van der Waals surface area contributed by atoms with Crippen LogP contribution in [0.2, 0.25) is 0 Å². The average molecular weight is 341 g/mol. The molecule has 1 amide bonds. The van der Waals surface area contributed by atoms with Gasteiger partial charge in [0.2, 0.25) is 5.91 Å². The molecular weight excluding hydrogens is 314 g/mol. The van der Waals surface area contributed by atoms with E-state index in [1.54, 1.807) is 14.2 Å². The highest BCUT2D eigenvalue weighted by Crippen LogP contribution is 2.29. The molecule has 2 aromatic carbocycles. The minimum atomic E-state index is -0.0192. The van der Waals surface area contributed by atoms with Crippen LogP contribution in [0.3, 0.4) is 0 Å². The monoisotopic (exact) mass is 341 g/mol. The number of methoxy groups -OCH3 is 2. The number of unbranched alkanes of at least 4 members (excludes halogenated alkanes) is 1. The molecule has 0 radical (unpaired) electrons. The molecule has 0 fully saturated rings. The summed E-state index contributed by atoms with van der Waals surface area (Å²) in [4.78, 5) is 12.2. The molecule has 0 bridgehead atoms. The number of anilines is 1. The lowest BCUT2D eigenvalue weighted by Crippen LogP contribution is -2.13. The van der Waals surface area contributed by atoms with Gasteiger partial charge in [-0.05, 0) is 49.1 Å². The van der Waals surface area contributed by atoms with Crippen LogP contribution < -0.4 is 14.8 Å². The number of aryl methyl sites for hydroxylation is 1. The summed E-state index contributed by atoms with van der Waals surface area (Å²) >= 11 is 0. The second kappa shape index (κ2) is 9.72. The smallest absolute Gasteiger partial charge is 0.224 e. The summed E-state index contributed by atoms with van der Waals surface area (Å²) < 4.78 is 10.7. The maximum Gasteiger partial charge on any atom is 0.224 e. The van der Waals surface area contributed by atoms with Gasteiger partial charge in [-0.1, -0.05) is 31.5 Å². The van der Waals surface area contributed by atoms with Gasteiger partial charge >= 0.3 is 0 Å². The van der Waals surface area contributed by atoms with Gasteiger partial charge in [0.05, 0.1) is 14.2 Å². The number of benzene rings is 2. The minimum Gasteiger partial charge on any atom is -0.496 e. The van der Waals surface area contributed by atoms with E-state index in [0.29, 0.717) is 12.8 Å². The second-order valence-electron chi connectivity index (χ2n) is 5.99. The number of ether oxygens (including phenoxy) is 2. The molecule has 0 atom stereocenters. The van der Waals surface area contributed by atoms with Crippen LogP contribution >= 0.6 is 0 Å². The lowest BCUT2D eigenvalue weighted by atomic mass is 10.1. The second-order valence-corrected chi connectivity index (χ2v) is 5.99. The average Bonchev–Trinajstić information content (AvgIpc) is 2.65. The normalized spacial score (nSPS) is 10.4. The summed E-state index contributed by atoms with van der Waals surface area (Å²) in [5.74, 6) is 1.47. The summed E-state index contributed by atoms with van der Waals surface area (Å²) in [7, 11) is 3.25. The lowest BCUT2D eigenvalue weighted by molar-refractivity contribution is -0.116. The van der Waals surface area contributed by atoms with Crippen molar-refractivity contribution in [1.29, 1.82) is 0 Å². The van der Waals surface area contributed by atoms with E-state index in [9.17, 15) is 4.79 Å². The molecule has 0 unspecified atom stereocenters. The third-order valence-electron chi connectivity index (χ3n) is 4.19. The molecule has 0 heterocycles. The summed E-state index contributed by atoms with van der Waals surface area (Å²) in [5, 5.41) is 2.95. The number of carbonyl (C=O) groups excluding carboxylic acids is 1. The molecule has 4 heteroatoms. The van der Waals surface area contributed by atoms with Gasteiger partial charge in [-0.2, -0.15) is 0 Å². The van der Waals surface area contributed by atoms with Gasteiger partial charge in [-0.25, -0.2) is 0 Å². The van der Waals surface area contributed by atoms with Gasteiger partial charge in [0.15, 0.2) is 0 Å². The maximum absolute atomic E-state index is 12.2. The summed E-state index contributed by atoms with van der Waals surface area (Å²) in [6, 6.07) is 13.7. The zero-order valence-corrected chi connectivity index (χ0v) is 15.3. The molecule has 2 rings (SSSR count). The minimum absolute atomic E-state index is 0.0192. The quantitative estimate of drug-likeness (QED) is 0.724. The van der Waals surface area contributed by atoms with Crippen LogP contribution in [0.5, 0.6) is 11.5 Å². The first-order valence-electron chi connectivity index (χ1n) is 8.76. The van der Waals surface area contributed by atoms with E-state index in [1.165, 1.54) is 18.4 Å².